The maximum Gasteiger partial charge on any atom is 0.209 e. The summed E-state index contributed by atoms with van der Waals surface area (Å²) in [4.78, 5) is 13.4. The predicted octanol–water partition coefficient (Wildman–Crippen LogP) is 1.32. The molecule has 1 aromatic carbocycles. The van der Waals surface area contributed by atoms with E-state index in [9.17, 15) is 10.2 Å². The van der Waals surface area contributed by atoms with Crippen molar-refractivity contribution in [3.05, 3.63) is 48.0 Å². The predicted molar refractivity (Wildman–Crippen MR) is 97.6 cm³/mol. The molecule has 1 aliphatic rings. The van der Waals surface area contributed by atoms with Crippen molar-refractivity contribution in [3.8, 4) is 11.8 Å². The van der Waals surface area contributed by atoms with Crippen molar-refractivity contribution in [2.45, 2.75) is 31.1 Å². The molecule has 2 aromatic heterocycles. The molecule has 0 radical (unpaired) electrons. The highest BCUT2D eigenvalue weighted by atomic mass is 16.3. The molecule has 3 atom stereocenters. The third-order valence-corrected chi connectivity index (χ3v) is 4.65. The van der Waals surface area contributed by atoms with E-state index in [1.807, 2.05) is 34.9 Å². The van der Waals surface area contributed by atoms with Gasteiger partial charge in [0.05, 0.1) is 18.5 Å². The van der Waals surface area contributed by atoms with Crippen LogP contribution in [-0.4, -0.2) is 49.0 Å². The highest BCUT2D eigenvalue weighted by molar-refractivity contribution is 5.83. The van der Waals surface area contributed by atoms with Gasteiger partial charge in [-0.15, -0.1) is 0 Å². The fourth-order valence-electron chi connectivity index (χ4n) is 3.28. The lowest BCUT2D eigenvalue weighted by Gasteiger charge is -2.18. The molecule has 2 heterocycles. The molecule has 26 heavy (non-hydrogen) atoms. The molecule has 0 spiro atoms. The van der Waals surface area contributed by atoms with E-state index < -0.39 is 12.2 Å². The summed E-state index contributed by atoms with van der Waals surface area (Å²) >= 11 is 0. The lowest BCUT2D eigenvalue weighted by atomic mass is 10.2. The second-order valence-electron chi connectivity index (χ2n) is 6.29. The smallest absolute Gasteiger partial charge is 0.209 e. The van der Waals surface area contributed by atoms with Gasteiger partial charge in [-0.2, -0.15) is 0 Å². The summed E-state index contributed by atoms with van der Waals surface area (Å²) in [5.74, 6) is 7.00. The Morgan fingerprint density at radius 1 is 1.12 bits per heavy atom. The molecule has 1 unspecified atom stereocenters. The van der Waals surface area contributed by atoms with Crippen LogP contribution in [0, 0.1) is 11.8 Å². The Kier molecular flexibility index (Phi) is 4.29. The van der Waals surface area contributed by atoms with Crippen LogP contribution >= 0.6 is 0 Å². The number of aromatic nitrogens is 4. The summed E-state index contributed by atoms with van der Waals surface area (Å²) < 4.78 is 1.81. The lowest BCUT2D eigenvalue weighted by Crippen LogP contribution is -2.27. The van der Waals surface area contributed by atoms with Crippen LogP contribution in [0.2, 0.25) is 0 Å². The lowest BCUT2D eigenvalue weighted by molar-refractivity contribution is 0.0241. The standard InChI is InChI=1S/C19H19N5O2/c1-20-18-16-19(24(11-21-16)13-8-9-14(25)17(13)26)23-15(22-18)10-7-12-5-3-2-4-6-12/h2-6,11,13-14,17,25-26H,8-9H2,1H3,(H,20,22,23)/t13-,14?,17+/m1/s1. The fraction of sp³-hybridized carbons (Fsp3) is 0.316. The van der Waals surface area contributed by atoms with Gasteiger partial charge in [0.2, 0.25) is 5.82 Å². The van der Waals surface area contributed by atoms with E-state index in [4.69, 9.17) is 0 Å². The zero-order chi connectivity index (χ0) is 18.1. The summed E-state index contributed by atoms with van der Waals surface area (Å²) in [6, 6.07) is 9.37. The van der Waals surface area contributed by atoms with Gasteiger partial charge in [0.15, 0.2) is 17.0 Å². The number of imidazole rings is 1. The van der Waals surface area contributed by atoms with Crippen LogP contribution in [-0.2, 0) is 0 Å². The highest BCUT2D eigenvalue weighted by Crippen LogP contribution is 2.33. The van der Waals surface area contributed by atoms with Gasteiger partial charge in [0.25, 0.3) is 0 Å². The van der Waals surface area contributed by atoms with Crippen LogP contribution in [0.3, 0.4) is 0 Å². The molecule has 1 fully saturated rings. The van der Waals surface area contributed by atoms with E-state index in [1.165, 1.54) is 0 Å². The van der Waals surface area contributed by atoms with Crippen molar-refractivity contribution in [2.24, 2.45) is 0 Å². The van der Waals surface area contributed by atoms with E-state index in [0.29, 0.717) is 35.6 Å². The first-order chi connectivity index (χ1) is 12.7. The Morgan fingerprint density at radius 2 is 1.92 bits per heavy atom. The molecular formula is C19H19N5O2. The molecule has 0 bridgehead atoms. The van der Waals surface area contributed by atoms with Crippen molar-refractivity contribution < 1.29 is 10.2 Å². The number of anilines is 1. The largest absolute Gasteiger partial charge is 0.390 e. The number of aliphatic hydroxyl groups is 2. The van der Waals surface area contributed by atoms with Crippen LogP contribution in [0.1, 0.15) is 30.3 Å². The molecule has 132 valence electrons. The Morgan fingerprint density at radius 3 is 2.62 bits per heavy atom. The fourth-order valence-corrected chi connectivity index (χ4v) is 3.28. The number of aliphatic hydroxyl groups excluding tert-OH is 2. The molecule has 3 aromatic rings. The van der Waals surface area contributed by atoms with Crippen molar-refractivity contribution in [2.75, 3.05) is 12.4 Å². The van der Waals surface area contributed by atoms with Crippen LogP contribution in [0.5, 0.6) is 0 Å². The summed E-state index contributed by atoms with van der Waals surface area (Å²) in [6.45, 7) is 0. The normalized spacial score (nSPS) is 22.2. The summed E-state index contributed by atoms with van der Waals surface area (Å²) in [6.07, 6.45) is 1.30. The monoisotopic (exact) mass is 349 g/mol. The molecule has 0 aliphatic heterocycles. The van der Waals surface area contributed by atoms with Gasteiger partial charge < -0.3 is 20.1 Å². The molecular weight excluding hydrogens is 330 g/mol. The molecule has 7 nitrogen and oxygen atoms in total. The van der Waals surface area contributed by atoms with Crippen molar-refractivity contribution in [1.29, 1.82) is 0 Å². The molecule has 0 amide bonds. The summed E-state index contributed by atoms with van der Waals surface area (Å²) in [5, 5.41) is 23.1. The minimum atomic E-state index is -0.834. The first-order valence-electron chi connectivity index (χ1n) is 8.53. The summed E-state index contributed by atoms with van der Waals surface area (Å²) in [5.41, 5.74) is 2.09. The second kappa shape index (κ2) is 6.75. The SMILES string of the molecule is CNc1nc(C#Cc2ccccc2)nc2c1ncn2[C@@H]1CCC(O)[C@H]1O. The first kappa shape index (κ1) is 16.5. The minimum Gasteiger partial charge on any atom is -0.390 e. The van der Waals surface area contributed by atoms with Crippen LogP contribution < -0.4 is 5.32 Å². The quantitative estimate of drug-likeness (QED) is 0.604. The number of fused-ring (bicyclic) bond motifs is 1. The minimum absolute atomic E-state index is 0.260. The van der Waals surface area contributed by atoms with Gasteiger partial charge in [-0.1, -0.05) is 24.1 Å². The third kappa shape index (κ3) is 2.90. The van der Waals surface area contributed by atoms with E-state index in [2.05, 4.69) is 32.1 Å². The number of rotatable bonds is 2. The molecule has 1 saturated carbocycles. The van der Waals surface area contributed by atoms with Crippen molar-refractivity contribution >= 4 is 17.0 Å². The van der Waals surface area contributed by atoms with Crippen LogP contribution in [0.4, 0.5) is 5.82 Å². The number of nitrogens with zero attached hydrogens (tertiary/aromatic N) is 4. The van der Waals surface area contributed by atoms with Crippen molar-refractivity contribution in [3.63, 3.8) is 0 Å². The van der Waals surface area contributed by atoms with Gasteiger partial charge in [0, 0.05) is 12.6 Å². The maximum atomic E-state index is 10.3. The van der Waals surface area contributed by atoms with E-state index in [0.717, 1.165) is 5.56 Å². The van der Waals surface area contributed by atoms with Crippen LogP contribution in [0.15, 0.2) is 36.7 Å². The number of hydrogen-bond donors (Lipinski definition) is 3. The molecule has 4 rings (SSSR count). The first-order valence-corrected chi connectivity index (χ1v) is 8.53. The van der Waals surface area contributed by atoms with Gasteiger partial charge in [-0.25, -0.2) is 15.0 Å². The van der Waals surface area contributed by atoms with Gasteiger partial charge >= 0.3 is 0 Å². The van der Waals surface area contributed by atoms with Crippen LogP contribution in [0.25, 0.3) is 11.2 Å². The van der Waals surface area contributed by atoms with Crippen molar-refractivity contribution in [1.82, 2.24) is 19.5 Å². The average Bonchev–Trinajstić information content (AvgIpc) is 3.24. The highest BCUT2D eigenvalue weighted by Gasteiger charge is 2.35. The number of nitrogens with one attached hydrogen (secondary N) is 1. The van der Waals surface area contributed by atoms with Gasteiger partial charge in [0.1, 0.15) is 6.10 Å². The van der Waals surface area contributed by atoms with Gasteiger partial charge in [-0.3, -0.25) is 0 Å². The number of hydrogen-bond acceptors (Lipinski definition) is 6. The summed E-state index contributed by atoms with van der Waals surface area (Å²) in [7, 11) is 1.77. The Hall–Kier alpha value is -2.95. The molecule has 0 saturated heterocycles. The third-order valence-electron chi connectivity index (χ3n) is 4.65. The van der Waals surface area contributed by atoms with E-state index in [1.54, 1.807) is 13.4 Å². The Balaban J connectivity index is 1.79. The maximum absolute atomic E-state index is 10.3. The van der Waals surface area contributed by atoms with E-state index >= 15 is 0 Å². The number of benzene rings is 1. The average molecular weight is 349 g/mol. The zero-order valence-corrected chi connectivity index (χ0v) is 14.3. The Labute approximate surface area is 150 Å². The molecule has 7 heteroatoms. The van der Waals surface area contributed by atoms with E-state index in [-0.39, 0.29) is 6.04 Å². The molecule has 3 N–H and O–H groups in total. The van der Waals surface area contributed by atoms with Gasteiger partial charge in [-0.05, 0) is 30.9 Å². The topological polar surface area (TPSA) is 96.1 Å². The zero-order valence-electron chi connectivity index (χ0n) is 14.3. The molecule has 1 aliphatic carbocycles. The second-order valence-corrected chi connectivity index (χ2v) is 6.29. The Bertz CT molecular complexity index is 990.